The van der Waals surface area contributed by atoms with Gasteiger partial charge >= 0.3 is 0 Å². The quantitative estimate of drug-likeness (QED) is 0.836. The lowest BCUT2D eigenvalue weighted by Gasteiger charge is -2.33. The average molecular weight is 271 g/mol. The van der Waals surface area contributed by atoms with Crippen LogP contribution in [0.3, 0.4) is 0 Å². The van der Waals surface area contributed by atoms with E-state index in [0.717, 1.165) is 44.4 Å². The van der Waals surface area contributed by atoms with Crippen LogP contribution < -0.4 is 0 Å². The molecule has 1 aromatic rings. The second-order valence-electron chi connectivity index (χ2n) is 5.53. The Morgan fingerprint density at radius 3 is 2.53 bits per heavy atom. The van der Waals surface area contributed by atoms with Crippen molar-refractivity contribution >= 4 is 0 Å². The molecule has 3 rings (SSSR count). The predicted molar refractivity (Wildman–Crippen MR) is 64.0 cm³/mol. The van der Waals surface area contributed by atoms with Crippen LogP contribution in [-0.2, 0) is 0 Å². The molecule has 2 saturated heterocycles. The van der Waals surface area contributed by atoms with Crippen molar-refractivity contribution in [3.05, 3.63) is 35.1 Å². The summed E-state index contributed by atoms with van der Waals surface area (Å²) in [7, 11) is 0. The minimum absolute atomic E-state index is 0.0651. The van der Waals surface area contributed by atoms with Gasteiger partial charge in [0.05, 0.1) is 6.61 Å². The molecule has 2 aliphatic rings. The zero-order chi connectivity index (χ0) is 13.6. The second kappa shape index (κ2) is 4.49. The van der Waals surface area contributed by atoms with Crippen molar-refractivity contribution in [2.45, 2.75) is 37.3 Å². The first-order valence-electron chi connectivity index (χ1n) is 6.59. The normalized spacial score (nSPS) is 30.8. The van der Waals surface area contributed by atoms with E-state index in [1.165, 1.54) is 0 Å². The van der Waals surface area contributed by atoms with Gasteiger partial charge in [-0.25, -0.2) is 13.2 Å². The zero-order valence-electron chi connectivity index (χ0n) is 10.5. The highest BCUT2D eigenvalue weighted by Gasteiger charge is 2.49. The number of fused-ring (bicyclic) bond motifs is 1. The molecule has 2 heterocycles. The fourth-order valence-corrected chi connectivity index (χ4v) is 3.64. The minimum atomic E-state index is -1.42. The lowest BCUT2D eigenvalue weighted by atomic mass is 9.95. The molecule has 2 aliphatic heterocycles. The lowest BCUT2D eigenvalue weighted by molar-refractivity contribution is 0.0774. The summed E-state index contributed by atoms with van der Waals surface area (Å²) in [5.74, 6) is -3.71. The molecule has 0 aliphatic carbocycles. The Balaban J connectivity index is 1.96. The first-order chi connectivity index (χ1) is 9.07. The average Bonchev–Trinajstić information content (AvgIpc) is 2.93. The first kappa shape index (κ1) is 12.9. The van der Waals surface area contributed by atoms with Crippen LogP contribution in [-0.4, -0.2) is 28.7 Å². The number of rotatable bonds is 2. The van der Waals surface area contributed by atoms with Gasteiger partial charge in [0.25, 0.3) is 0 Å². The second-order valence-corrected chi connectivity index (χ2v) is 5.53. The third kappa shape index (κ3) is 1.87. The van der Waals surface area contributed by atoms with Crippen molar-refractivity contribution < 1.29 is 18.3 Å². The molecule has 2 unspecified atom stereocenters. The highest BCUT2D eigenvalue weighted by atomic mass is 19.2. The van der Waals surface area contributed by atoms with Gasteiger partial charge < -0.3 is 5.11 Å². The maximum atomic E-state index is 13.3. The first-order valence-corrected chi connectivity index (χ1v) is 6.59. The Morgan fingerprint density at radius 1 is 1.21 bits per heavy atom. The molecule has 0 bridgehead atoms. The summed E-state index contributed by atoms with van der Waals surface area (Å²) in [5, 5.41) is 9.60. The summed E-state index contributed by atoms with van der Waals surface area (Å²) in [6.45, 7) is 0.876. The number of aliphatic hydroxyl groups excluding tert-OH is 1. The standard InChI is InChI=1S/C14H16F3NO/c15-10-6-9(7-11(16)13(10)17)12-2-4-14(8-19)3-1-5-18(12)14/h6-7,12,19H,1-5,8H2. The summed E-state index contributed by atoms with van der Waals surface area (Å²) < 4.78 is 39.7. The summed E-state index contributed by atoms with van der Waals surface area (Å²) in [6.07, 6.45) is 3.44. The van der Waals surface area contributed by atoms with E-state index in [2.05, 4.69) is 4.90 Å². The van der Waals surface area contributed by atoms with Crippen molar-refractivity contribution in [3.8, 4) is 0 Å². The van der Waals surface area contributed by atoms with Crippen LogP contribution in [0.15, 0.2) is 12.1 Å². The van der Waals surface area contributed by atoms with Crippen LogP contribution in [0.5, 0.6) is 0 Å². The summed E-state index contributed by atoms with van der Waals surface area (Å²) >= 11 is 0. The van der Waals surface area contributed by atoms with Gasteiger partial charge in [-0.15, -0.1) is 0 Å². The molecular formula is C14H16F3NO. The number of aliphatic hydroxyl groups is 1. The molecule has 0 aromatic heterocycles. The van der Waals surface area contributed by atoms with E-state index in [9.17, 15) is 18.3 Å². The fourth-order valence-electron chi connectivity index (χ4n) is 3.64. The highest BCUT2D eigenvalue weighted by molar-refractivity contribution is 5.25. The fraction of sp³-hybridized carbons (Fsp3) is 0.571. The summed E-state index contributed by atoms with van der Waals surface area (Å²) in [5.41, 5.74) is 0.222. The molecule has 1 N–H and O–H groups in total. The predicted octanol–water partition coefficient (Wildman–Crippen LogP) is 2.77. The maximum Gasteiger partial charge on any atom is 0.194 e. The Morgan fingerprint density at radius 2 is 1.89 bits per heavy atom. The summed E-state index contributed by atoms with van der Waals surface area (Å²) in [4.78, 5) is 2.12. The zero-order valence-corrected chi connectivity index (χ0v) is 10.5. The van der Waals surface area contributed by atoms with Gasteiger partial charge in [0, 0.05) is 11.6 Å². The molecule has 5 heteroatoms. The van der Waals surface area contributed by atoms with E-state index in [1.807, 2.05) is 0 Å². The summed E-state index contributed by atoms with van der Waals surface area (Å²) in [6, 6.07) is 2.03. The van der Waals surface area contributed by atoms with Crippen molar-refractivity contribution in [1.29, 1.82) is 0 Å². The highest BCUT2D eigenvalue weighted by Crippen LogP contribution is 2.48. The molecule has 19 heavy (non-hydrogen) atoms. The number of hydrogen-bond acceptors (Lipinski definition) is 2. The van der Waals surface area contributed by atoms with Crippen LogP contribution in [0, 0.1) is 17.5 Å². The van der Waals surface area contributed by atoms with E-state index in [-0.39, 0.29) is 18.2 Å². The van der Waals surface area contributed by atoms with Crippen LogP contribution in [0.4, 0.5) is 13.2 Å². The van der Waals surface area contributed by atoms with Crippen molar-refractivity contribution in [3.63, 3.8) is 0 Å². The molecule has 0 spiro atoms. The third-order valence-electron chi connectivity index (χ3n) is 4.60. The Kier molecular flexibility index (Phi) is 3.06. The van der Waals surface area contributed by atoms with E-state index < -0.39 is 17.5 Å². The number of nitrogens with zero attached hydrogens (tertiary/aromatic N) is 1. The van der Waals surface area contributed by atoms with Crippen LogP contribution in [0.1, 0.15) is 37.3 Å². The van der Waals surface area contributed by atoms with E-state index in [1.54, 1.807) is 0 Å². The van der Waals surface area contributed by atoms with Crippen molar-refractivity contribution in [1.82, 2.24) is 4.90 Å². The van der Waals surface area contributed by atoms with Crippen molar-refractivity contribution in [2.75, 3.05) is 13.2 Å². The molecule has 0 amide bonds. The topological polar surface area (TPSA) is 23.5 Å². The molecule has 0 saturated carbocycles. The van der Waals surface area contributed by atoms with E-state index >= 15 is 0 Å². The van der Waals surface area contributed by atoms with Crippen LogP contribution in [0.25, 0.3) is 0 Å². The molecule has 2 nitrogen and oxygen atoms in total. The minimum Gasteiger partial charge on any atom is -0.394 e. The molecule has 104 valence electrons. The number of benzene rings is 1. The molecule has 2 fully saturated rings. The molecule has 1 aromatic carbocycles. The van der Waals surface area contributed by atoms with Gasteiger partial charge in [-0.05, 0) is 49.9 Å². The smallest absolute Gasteiger partial charge is 0.194 e. The van der Waals surface area contributed by atoms with Crippen LogP contribution >= 0.6 is 0 Å². The third-order valence-corrected chi connectivity index (χ3v) is 4.60. The van der Waals surface area contributed by atoms with Gasteiger partial charge in [0.2, 0.25) is 0 Å². The maximum absolute atomic E-state index is 13.3. The van der Waals surface area contributed by atoms with Gasteiger partial charge in [0.1, 0.15) is 0 Å². The number of halogens is 3. The van der Waals surface area contributed by atoms with Gasteiger partial charge in [0.15, 0.2) is 17.5 Å². The van der Waals surface area contributed by atoms with E-state index in [4.69, 9.17) is 0 Å². The Bertz CT molecular complexity index is 484. The van der Waals surface area contributed by atoms with Gasteiger partial charge in [-0.2, -0.15) is 0 Å². The molecule has 0 radical (unpaired) electrons. The SMILES string of the molecule is OCC12CCCN1C(c1cc(F)c(F)c(F)c1)CC2. The Hall–Kier alpha value is -1.07. The van der Waals surface area contributed by atoms with Gasteiger partial charge in [-0.1, -0.05) is 0 Å². The molecule has 2 atom stereocenters. The monoisotopic (exact) mass is 271 g/mol. The van der Waals surface area contributed by atoms with Crippen LogP contribution in [0.2, 0.25) is 0 Å². The largest absolute Gasteiger partial charge is 0.394 e. The Labute approximate surface area is 109 Å². The number of hydrogen-bond donors (Lipinski definition) is 1. The lowest BCUT2D eigenvalue weighted by Crippen LogP contribution is -2.42. The van der Waals surface area contributed by atoms with E-state index in [0.29, 0.717) is 5.56 Å². The molecular weight excluding hydrogens is 255 g/mol. The van der Waals surface area contributed by atoms with Crippen molar-refractivity contribution in [2.24, 2.45) is 0 Å². The van der Waals surface area contributed by atoms with Gasteiger partial charge in [-0.3, -0.25) is 4.90 Å².